The quantitative estimate of drug-likeness (QED) is 0.824. The van der Waals surface area contributed by atoms with E-state index < -0.39 is 10.2 Å². The van der Waals surface area contributed by atoms with Crippen LogP contribution in [0.4, 0.5) is 0 Å². The first-order chi connectivity index (χ1) is 11.1. The molecular formula is C16H24N2O4S. The van der Waals surface area contributed by atoms with E-state index in [9.17, 15) is 8.42 Å². The molecule has 0 aliphatic carbocycles. The van der Waals surface area contributed by atoms with Crippen molar-refractivity contribution in [1.82, 2.24) is 8.61 Å². The fourth-order valence-electron chi connectivity index (χ4n) is 3.49. The minimum absolute atomic E-state index is 0.165. The first-order valence-corrected chi connectivity index (χ1v) is 9.46. The van der Waals surface area contributed by atoms with Gasteiger partial charge in [-0.1, -0.05) is 6.07 Å². The van der Waals surface area contributed by atoms with Crippen molar-refractivity contribution in [3.05, 3.63) is 23.8 Å². The van der Waals surface area contributed by atoms with Crippen molar-refractivity contribution in [2.45, 2.75) is 31.7 Å². The van der Waals surface area contributed by atoms with Crippen molar-refractivity contribution in [3.63, 3.8) is 0 Å². The lowest BCUT2D eigenvalue weighted by atomic mass is 10.0. The minimum atomic E-state index is -3.40. The highest BCUT2D eigenvalue weighted by Gasteiger charge is 2.40. The van der Waals surface area contributed by atoms with Gasteiger partial charge in [-0.3, -0.25) is 0 Å². The van der Waals surface area contributed by atoms with Crippen LogP contribution < -0.4 is 9.47 Å². The number of ether oxygens (including phenoxy) is 2. The van der Waals surface area contributed by atoms with E-state index in [1.807, 2.05) is 18.2 Å². The molecule has 0 aromatic heterocycles. The number of hydrogen-bond donors (Lipinski definition) is 0. The summed E-state index contributed by atoms with van der Waals surface area (Å²) in [7, 11) is -0.188. The summed E-state index contributed by atoms with van der Waals surface area (Å²) in [5.74, 6) is 1.38. The van der Waals surface area contributed by atoms with Gasteiger partial charge in [0.1, 0.15) is 11.5 Å². The van der Waals surface area contributed by atoms with Gasteiger partial charge in [-0.15, -0.1) is 0 Å². The van der Waals surface area contributed by atoms with Crippen LogP contribution in [0.2, 0.25) is 0 Å². The fourth-order valence-corrected chi connectivity index (χ4v) is 5.40. The largest absolute Gasteiger partial charge is 0.497 e. The summed E-state index contributed by atoms with van der Waals surface area (Å²) in [6.45, 7) is 1.83. The summed E-state index contributed by atoms with van der Waals surface area (Å²) in [6, 6.07) is 5.42. The molecule has 2 aliphatic rings. The second-order valence-corrected chi connectivity index (χ2v) is 7.87. The Morgan fingerprint density at radius 2 is 1.78 bits per heavy atom. The highest BCUT2D eigenvalue weighted by molar-refractivity contribution is 7.86. The standard InChI is InChI=1S/C16H24N2O4S/c1-21-13-7-8-14(16(12-13)22-2)15-6-5-11-18(15)23(19,20)17-9-3-4-10-17/h7-8,12,15H,3-6,9-11H2,1-2H3. The number of rotatable bonds is 5. The third kappa shape index (κ3) is 3.05. The van der Waals surface area contributed by atoms with Crippen LogP contribution >= 0.6 is 0 Å². The van der Waals surface area contributed by atoms with Crippen molar-refractivity contribution in [2.24, 2.45) is 0 Å². The zero-order valence-corrected chi connectivity index (χ0v) is 14.5. The summed E-state index contributed by atoms with van der Waals surface area (Å²) < 4.78 is 39.8. The Balaban J connectivity index is 1.93. The number of benzene rings is 1. The summed E-state index contributed by atoms with van der Waals surface area (Å²) in [5.41, 5.74) is 0.911. The molecule has 1 aromatic rings. The summed E-state index contributed by atoms with van der Waals surface area (Å²) in [4.78, 5) is 0. The second-order valence-electron chi connectivity index (χ2n) is 5.99. The van der Waals surface area contributed by atoms with Gasteiger partial charge in [0.15, 0.2) is 0 Å². The van der Waals surface area contributed by atoms with E-state index in [1.54, 1.807) is 22.8 Å². The lowest BCUT2D eigenvalue weighted by molar-refractivity contribution is 0.335. The van der Waals surface area contributed by atoms with Crippen LogP contribution in [0.5, 0.6) is 11.5 Å². The van der Waals surface area contributed by atoms with Crippen LogP contribution in [0.3, 0.4) is 0 Å². The Kier molecular flexibility index (Phi) is 4.79. The van der Waals surface area contributed by atoms with Crippen LogP contribution in [0.25, 0.3) is 0 Å². The molecular weight excluding hydrogens is 316 g/mol. The zero-order chi connectivity index (χ0) is 16.4. The fraction of sp³-hybridized carbons (Fsp3) is 0.625. The van der Waals surface area contributed by atoms with Crippen molar-refractivity contribution >= 4 is 10.2 Å². The van der Waals surface area contributed by atoms with E-state index in [1.165, 1.54) is 0 Å². The Hall–Kier alpha value is -1.31. The molecule has 128 valence electrons. The molecule has 1 atom stereocenters. The molecule has 2 heterocycles. The highest BCUT2D eigenvalue weighted by atomic mass is 32.2. The molecule has 7 heteroatoms. The smallest absolute Gasteiger partial charge is 0.282 e. The van der Waals surface area contributed by atoms with Crippen LogP contribution in [0.15, 0.2) is 18.2 Å². The maximum absolute atomic E-state index is 12.9. The van der Waals surface area contributed by atoms with E-state index in [0.717, 1.165) is 31.2 Å². The Morgan fingerprint density at radius 1 is 1.04 bits per heavy atom. The molecule has 0 radical (unpaired) electrons. The molecule has 1 aromatic carbocycles. The molecule has 0 amide bonds. The average Bonchev–Trinajstić information content (AvgIpc) is 3.25. The summed E-state index contributed by atoms with van der Waals surface area (Å²) >= 11 is 0. The molecule has 2 saturated heterocycles. The van der Waals surface area contributed by atoms with Gasteiger partial charge in [-0.2, -0.15) is 17.0 Å². The van der Waals surface area contributed by atoms with Crippen molar-refractivity contribution in [1.29, 1.82) is 0 Å². The van der Waals surface area contributed by atoms with E-state index in [2.05, 4.69) is 0 Å². The first-order valence-electron chi connectivity index (χ1n) is 8.07. The highest BCUT2D eigenvalue weighted by Crippen LogP contribution is 2.41. The molecule has 23 heavy (non-hydrogen) atoms. The molecule has 0 spiro atoms. The third-order valence-corrected chi connectivity index (χ3v) is 6.74. The minimum Gasteiger partial charge on any atom is -0.497 e. The van der Waals surface area contributed by atoms with Gasteiger partial charge in [0, 0.05) is 31.3 Å². The van der Waals surface area contributed by atoms with Gasteiger partial charge in [0.05, 0.1) is 20.3 Å². The Bertz CT molecular complexity index is 656. The normalized spacial score (nSPS) is 23.3. The molecule has 3 rings (SSSR count). The van der Waals surface area contributed by atoms with Gasteiger partial charge in [-0.05, 0) is 31.7 Å². The van der Waals surface area contributed by atoms with Crippen LogP contribution in [-0.4, -0.2) is 50.9 Å². The molecule has 2 aliphatic heterocycles. The predicted molar refractivity (Wildman–Crippen MR) is 88.0 cm³/mol. The number of hydrogen-bond acceptors (Lipinski definition) is 4. The predicted octanol–water partition coefficient (Wildman–Crippen LogP) is 2.18. The third-order valence-electron chi connectivity index (χ3n) is 4.69. The topological polar surface area (TPSA) is 59.1 Å². The van der Waals surface area contributed by atoms with Gasteiger partial charge >= 0.3 is 0 Å². The second kappa shape index (κ2) is 6.67. The Morgan fingerprint density at radius 3 is 2.43 bits per heavy atom. The van der Waals surface area contributed by atoms with Gasteiger partial charge < -0.3 is 9.47 Å². The van der Waals surface area contributed by atoms with Gasteiger partial charge in [-0.25, -0.2) is 0 Å². The van der Waals surface area contributed by atoms with Crippen LogP contribution in [0, 0.1) is 0 Å². The van der Waals surface area contributed by atoms with Crippen LogP contribution in [0.1, 0.15) is 37.3 Å². The lowest BCUT2D eigenvalue weighted by Crippen LogP contribution is -2.42. The van der Waals surface area contributed by atoms with Gasteiger partial charge in [0.25, 0.3) is 10.2 Å². The maximum atomic E-state index is 12.9. The molecule has 0 N–H and O–H groups in total. The molecule has 1 unspecified atom stereocenters. The van der Waals surface area contributed by atoms with Crippen molar-refractivity contribution in [3.8, 4) is 11.5 Å². The summed E-state index contributed by atoms with van der Waals surface area (Å²) in [6.07, 6.45) is 3.58. The van der Waals surface area contributed by atoms with E-state index >= 15 is 0 Å². The molecule has 6 nitrogen and oxygen atoms in total. The average molecular weight is 340 g/mol. The first kappa shape index (κ1) is 16.5. The van der Waals surface area contributed by atoms with E-state index in [4.69, 9.17) is 9.47 Å². The Labute approximate surface area is 138 Å². The molecule has 0 saturated carbocycles. The number of methoxy groups -OCH3 is 2. The lowest BCUT2D eigenvalue weighted by Gasteiger charge is -2.29. The van der Waals surface area contributed by atoms with Gasteiger partial charge in [0.2, 0.25) is 0 Å². The van der Waals surface area contributed by atoms with E-state index in [0.29, 0.717) is 31.1 Å². The maximum Gasteiger partial charge on any atom is 0.282 e. The number of nitrogens with zero attached hydrogens (tertiary/aromatic N) is 2. The molecule has 2 fully saturated rings. The summed E-state index contributed by atoms with van der Waals surface area (Å²) in [5, 5.41) is 0. The SMILES string of the molecule is COc1ccc(C2CCCN2S(=O)(=O)N2CCCC2)c(OC)c1. The van der Waals surface area contributed by atoms with Crippen LogP contribution in [-0.2, 0) is 10.2 Å². The van der Waals surface area contributed by atoms with E-state index in [-0.39, 0.29) is 6.04 Å². The molecule has 0 bridgehead atoms. The zero-order valence-electron chi connectivity index (χ0n) is 13.7. The van der Waals surface area contributed by atoms with Crippen molar-refractivity contribution in [2.75, 3.05) is 33.9 Å². The van der Waals surface area contributed by atoms with Crippen molar-refractivity contribution < 1.29 is 17.9 Å². The monoisotopic (exact) mass is 340 g/mol.